The Labute approximate surface area is 118 Å². The minimum atomic E-state index is -0.314. The van der Waals surface area contributed by atoms with E-state index in [-0.39, 0.29) is 11.6 Å². The maximum absolute atomic E-state index is 12.8. The van der Waals surface area contributed by atoms with Crippen LogP contribution in [0.5, 0.6) is 0 Å². The molecule has 20 heavy (non-hydrogen) atoms. The minimum absolute atomic E-state index is 0.0615. The van der Waals surface area contributed by atoms with E-state index in [0.29, 0.717) is 12.0 Å². The Hall–Kier alpha value is -2.16. The van der Waals surface area contributed by atoms with Gasteiger partial charge in [0.2, 0.25) is 0 Å². The van der Waals surface area contributed by atoms with Gasteiger partial charge in [-0.2, -0.15) is 0 Å². The molecule has 2 aromatic rings. The van der Waals surface area contributed by atoms with Crippen molar-refractivity contribution in [2.24, 2.45) is 0 Å². The lowest BCUT2D eigenvalue weighted by Gasteiger charge is -2.18. The fourth-order valence-electron chi connectivity index (χ4n) is 2.07. The molecule has 3 heteroatoms. The molecule has 0 bridgehead atoms. The quantitative estimate of drug-likeness (QED) is 0.742. The fraction of sp³-hybridized carbons (Fsp3) is 0.235. The van der Waals surface area contributed by atoms with Crippen molar-refractivity contribution in [1.29, 1.82) is 0 Å². The van der Waals surface area contributed by atoms with Crippen molar-refractivity contribution in [3.63, 3.8) is 0 Å². The molecule has 0 saturated heterocycles. The van der Waals surface area contributed by atoms with Crippen LogP contribution in [0.1, 0.15) is 23.2 Å². The number of hydrogen-bond donors (Lipinski definition) is 0. The van der Waals surface area contributed by atoms with Crippen LogP contribution in [-0.2, 0) is 0 Å². The van der Waals surface area contributed by atoms with Gasteiger partial charge in [-0.25, -0.2) is 4.39 Å². The highest BCUT2D eigenvalue weighted by molar-refractivity contribution is 5.95. The number of anilines is 1. The fourth-order valence-corrected chi connectivity index (χ4v) is 2.07. The van der Waals surface area contributed by atoms with Crippen molar-refractivity contribution in [2.45, 2.75) is 12.8 Å². The Morgan fingerprint density at radius 2 is 1.70 bits per heavy atom. The molecule has 0 aromatic heterocycles. The van der Waals surface area contributed by atoms with Gasteiger partial charge in [0.15, 0.2) is 5.78 Å². The van der Waals surface area contributed by atoms with E-state index < -0.39 is 0 Å². The van der Waals surface area contributed by atoms with Crippen LogP contribution in [0, 0.1) is 5.82 Å². The first-order chi connectivity index (χ1) is 9.66. The molecule has 2 nitrogen and oxygen atoms in total. The number of para-hydroxylation sites is 1. The molecule has 0 spiro atoms. The summed E-state index contributed by atoms with van der Waals surface area (Å²) in [5, 5.41) is 0. The molecule has 104 valence electrons. The molecule has 2 aromatic carbocycles. The van der Waals surface area contributed by atoms with E-state index in [1.807, 2.05) is 37.4 Å². The van der Waals surface area contributed by atoms with E-state index in [9.17, 15) is 9.18 Å². The highest BCUT2D eigenvalue weighted by Gasteiger charge is 2.07. The van der Waals surface area contributed by atoms with E-state index >= 15 is 0 Å². The van der Waals surface area contributed by atoms with Gasteiger partial charge >= 0.3 is 0 Å². The summed E-state index contributed by atoms with van der Waals surface area (Å²) in [6, 6.07) is 15.8. The third kappa shape index (κ3) is 3.92. The summed E-state index contributed by atoms with van der Waals surface area (Å²) in [5.74, 6) is -0.253. The zero-order valence-corrected chi connectivity index (χ0v) is 11.6. The van der Waals surface area contributed by atoms with Crippen molar-refractivity contribution in [3.8, 4) is 0 Å². The Kier molecular flexibility index (Phi) is 4.88. The molecule has 0 N–H and O–H groups in total. The molecule has 0 amide bonds. The monoisotopic (exact) mass is 271 g/mol. The van der Waals surface area contributed by atoms with Gasteiger partial charge in [0, 0.05) is 31.3 Å². The zero-order chi connectivity index (χ0) is 14.4. The van der Waals surface area contributed by atoms with Crippen molar-refractivity contribution in [3.05, 3.63) is 66.0 Å². The summed E-state index contributed by atoms with van der Waals surface area (Å²) in [7, 11) is 2.01. The van der Waals surface area contributed by atoms with Gasteiger partial charge in [0.05, 0.1) is 0 Å². The second kappa shape index (κ2) is 6.85. The maximum atomic E-state index is 12.8. The van der Waals surface area contributed by atoms with Crippen LogP contribution in [0.4, 0.5) is 10.1 Å². The molecule has 0 unspecified atom stereocenters. The van der Waals surface area contributed by atoms with Crippen LogP contribution in [0.3, 0.4) is 0 Å². The summed E-state index contributed by atoms with van der Waals surface area (Å²) >= 11 is 0. The van der Waals surface area contributed by atoms with Gasteiger partial charge < -0.3 is 4.90 Å². The predicted molar refractivity (Wildman–Crippen MR) is 79.7 cm³/mol. The summed E-state index contributed by atoms with van der Waals surface area (Å²) < 4.78 is 12.8. The number of carbonyl (C=O) groups excluding carboxylic acids is 1. The van der Waals surface area contributed by atoms with E-state index in [4.69, 9.17) is 0 Å². The Morgan fingerprint density at radius 1 is 1.05 bits per heavy atom. The zero-order valence-electron chi connectivity index (χ0n) is 11.6. The third-order valence-corrected chi connectivity index (χ3v) is 3.26. The predicted octanol–water partition coefficient (Wildman–Crippen LogP) is 3.93. The van der Waals surface area contributed by atoms with Crippen LogP contribution < -0.4 is 4.90 Å². The molecule has 0 radical (unpaired) electrons. The van der Waals surface area contributed by atoms with Crippen molar-refractivity contribution in [2.75, 3.05) is 18.5 Å². The first-order valence-corrected chi connectivity index (χ1v) is 6.72. The van der Waals surface area contributed by atoms with Crippen LogP contribution in [0.15, 0.2) is 54.6 Å². The van der Waals surface area contributed by atoms with Crippen LogP contribution in [-0.4, -0.2) is 19.4 Å². The molecule has 0 atom stereocenters. The highest BCUT2D eigenvalue weighted by atomic mass is 19.1. The van der Waals surface area contributed by atoms with Gasteiger partial charge in [-0.1, -0.05) is 18.2 Å². The summed E-state index contributed by atoms with van der Waals surface area (Å²) in [6.07, 6.45) is 1.25. The summed E-state index contributed by atoms with van der Waals surface area (Å²) in [4.78, 5) is 14.1. The lowest BCUT2D eigenvalue weighted by molar-refractivity contribution is 0.0980. The standard InChI is InChI=1S/C17H18FNO/c1-19(16-6-3-2-4-7-16)13-5-8-17(20)14-9-11-15(18)12-10-14/h2-4,6-7,9-12H,5,8,13H2,1H3. The minimum Gasteiger partial charge on any atom is -0.375 e. The summed E-state index contributed by atoms with van der Waals surface area (Å²) in [5.41, 5.74) is 1.72. The average Bonchev–Trinajstić information content (AvgIpc) is 2.48. The molecular formula is C17H18FNO. The number of Topliss-reactive ketones (excluding diaryl/α,β-unsaturated/α-hetero) is 1. The molecule has 0 aliphatic heterocycles. The number of benzene rings is 2. The molecular weight excluding hydrogens is 253 g/mol. The highest BCUT2D eigenvalue weighted by Crippen LogP contribution is 2.13. The van der Waals surface area contributed by atoms with Gasteiger partial charge in [-0.05, 0) is 42.8 Å². The third-order valence-electron chi connectivity index (χ3n) is 3.26. The molecule has 0 saturated carbocycles. The first kappa shape index (κ1) is 14.3. The van der Waals surface area contributed by atoms with E-state index in [1.165, 1.54) is 12.1 Å². The number of carbonyl (C=O) groups is 1. The topological polar surface area (TPSA) is 20.3 Å². The van der Waals surface area contributed by atoms with Crippen LogP contribution in [0.2, 0.25) is 0 Å². The molecule has 0 heterocycles. The summed E-state index contributed by atoms with van der Waals surface area (Å²) in [6.45, 7) is 0.816. The molecule has 2 rings (SSSR count). The van der Waals surface area contributed by atoms with E-state index in [0.717, 1.165) is 18.7 Å². The lowest BCUT2D eigenvalue weighted by atomic mass is 10.1. The maximum Gasteiger partial charge on any atom is 0.162 e. The van der Waals surface area contributed by atoms with Gasteiger partial charge in [0.25, 0.3) is 0 Å². The van der Waals surface area contributed by atoms with Gasteiger partial charge in [-0.3, -0.25) is 4.79 Å². The van der Waals surface area contributed by atoms with Crippen molar-refractivity contribution in [1.82, 2.24) is 0 Å². The average molecular weight is 271 g/mol. The Balaban J connectivity index is 1.81. The number of halogens is 1. The first-order valence-electron chi connectivity index (χ1n) is 6.72. The van der Waals surface area contributed by atoms with Gasteiger partial charge in [-0.15, -0.1) is 0 Å². The largest absolute Gasteiger partial charge is 0.375 e. The van der Waals surface area contributed by atoms with E-state index in [1.54, 1.807) is 12.1 Å². The lowest BCUT2D eigenvalue weighted by Crippen LogP contribution is -2.19. The van der Waals surface area contributed by atoms with Crippen molar-refractivity contribution >= 4 is 11.5 Å². The smallest absolute Gasteiger partial charge is 0.162 e. The molecule has 0 aliphatic carbocycles. The second-order valence-electron chi connectivity index (χ2n) is 4.79. The van der Waals surface area contributed by atoms with Crippen LogP contribution in [0.25, 0.3) is 0 Å². The number of hydrogen-bond acceptors (Lipinski definition) is 2. The number of ketones is 1. The van der Waals surface area contributed by atoms with Crippen molar-refractivity contribution < 1.29 is 9.18 Å². The Morgan fingerprint density at radius 3 is 2.35 bits per heavy atom. The molecule has 0 fully saturated rings. The number of nitrogens with zero attached hydrogens (tertiary/aromatic N) is 1. The number of rotatable bonds is 6. The van der Waals surface area contributed by atoms with Gasteiger partial charge in [0.1, 0.15) is 5.82 Å². The SMILES string of the molecule is CN(CCCC(=O)c1ccc(F)cc1)c1ccccc1. The van der Waals surface area contributed by atoms with Crippen LogP contribution >= 0.6 is 0 Å². The normalized spacial score (nSPS) is 10.3. The Bertz CT molecular complexity index is 551. The van der Waals surface area contributed by atoms with E-state index in [2.05, 4.69) is 4.90 Å². The molecule has 0 aliphatic rings. The second-order valence-corrected chi connectivity index (χ2v) is 4.79.